The molecule has 0 aliphatic rings. The van der Waals surface area contributed by atoms with Crippen LogP contribution in [0.15, 0.2) is 12.1 Å². The summed E-state index contributed by atoms with van der Waals surface area (Å²) in [6.45, 7) is 1.84. The summed E-state index contributed by atoms with van der Waals surface area (Å²) in [7, 11) is 0. The van der Waals surface area contributed by atoms with E-state index in [-0.39, 0.29) is 0 Å². The molecule has 0 aliphatic heterocycles. The molecule has 0 spiro atoms. The highest BCUT2D eigenvalue weighted by Gasteiger charge is 2.01. The molecule has 1 aromatic carbocycles. The summed E-state index contributed by atoms with van der Waals surface area (Å²) >= 11 is 2.13. The van der Waals surface area contributed by atoms with Crippen molar-refractivity contribution in [3.05, 3.63) is 26.8 Å². The van der Waals surface area contributed by atoms with E-state index in [1.807, 2.05) is 19.1 Å². The zero-order valence-electron chi connectivity index (χ0n) is 6.10. The van der Waals surface area contributed by atoms with E-state index in [4.69, 9.17) is 5.73 Å². The summed E-state index contributed by atoms with van der Waals surface area (Å²) in [5.41, 5.74) is 7.85. The van der Waals surface area contributed by atoms with Gasteiger partial charge in [0, 0.05) is 14.8 Å². The van der Waals surface area contributed by atoms with Gasteiger partial charge in [0.1, 0.15) is 6.29 Å². The van der Waals surface area contributed by atoms with Crippen LogP contribution in [-0.2, 0) is 0 Å². The Morgan fingerprint density at radius 1 is 1.55 bits per heavy atom. The number of benzene rings is 1. The Morgan fingerprint density at radius 3 is 2.73 bits per heavy atom. The van der Waals surface area contributed by atoms with Crippen LogP contribution in [0, 0.1) is 10.5 Å². The summed E-state index contributed by atoms with van der Waals surface area (Å²) in [4.78, 5) is 10.5. The van der Waals surface area contributed by atoms with Crippen molar-refractivity contribution in [1.29, 1.82) is 0 Å². The normalized spacial score (nSPS) is 9.64. The van der Waals surface area contributed by atoms with Crippen LogP contribution in [0.5, 0.6) is 0 Å². The lowest BCUT2D eigenvalue weighted by Gasteiger charge is -2.02. The lowest BCUT2D eigenvalue weighted by atomic mass is 10.1. The van der Waals surface area contributed by atoms with E-state index < -0.39 is 0 Å². The smallest absolute Gasteiger partial charge is 0.150 e. The number of nitrogens with two attached hydrogens (primary N) is 1. The summed E-state index contributed by atoms with van der Waals surface area (Å²) in [6.07, 6.45) is 0.827. The van der Waals surface area contributed by atoms with Gasteiger partial charge in [0.05, 0.1) is 0 Å². The average molecular weight is 261 g/mol. The summed E-state index contributed by atoms with van der Waals surface area (Å²) in [5, 5.41) is 0. The van der Waals surface area contributed by atoms with Gasteiger partial charge in [-0.2, -0.15) is 0 Å². The Bertz CT molecular complexity index is 296. The predicted octanol–water partition coefficient (Wildman–Crippen LogP) is 1.99. The molecule has 0 atom stereocenters. The SMILES string of the molecule is Cc1c(N)cc(I)cc1C=O. The first kappa shape index (κ1) is 8.52. The van der Waals surface area contributed by atoms with Gasteiger partial charge in [0.15, 0.2) is 0 Å². The van der Waals surface area contributed by atoms with Crippen LogP contribution >= 0.6 is 22.6 Å². The van der Waals surface area contributed by atoms with Crippen molar-refractivity contribution in [3.8, 4) is 0 Å². The third-order valence-corrected chi connectivity index (χ3v) is 2.20. The molecule has 2 N–H and O–H groups in total. The van der Waals surface area contributed by atoms with E-state index in [9.17, 15) is 4.79 Å². The molecular weight excluding hydrogens is 253 g/mol. The van der Waals surface area contributed by atoms with Crippen molar-refractivity contribution < 1.29 is 4.79 Å². The highest BCUT2D eigenvalue weighted by Crippen LogP contribution is 2.18. The summed E-state index contributed by atoms with van der Waals surface area (Å²) < 4.78 is 0.993. The van der Waals surface area contributed by atoms with Gasteiger partial charge < -0.3 is 5.73 Å². The standard InChI is InChI=1S/C8H8INO/c1-5-6(4-11)2-7(9)3-8(5)10/h2-4H,10H2,1H3. The van der Waals surface area contributed by atoms with Crippen molar-refractivity contribution in [1.82, 2.24) is 0 Å². The van der Waals surface area contributed by atoms with Crippen LogP contribution in [0.1, 0.15) is 15.9 Å². The number of nitrogen functional groups attached to an aromatic ring is 1. The molecule has 0 aromatic heterocycles. The Kier molecular flexibility index (Phi) is 2.49. The molecular formula is C8H8INO. The minimum absolute atomic E-state index is 0.675. The predicted molar refractivity (Wildman–Crippen MR) is 53.7 cm³/mol. The topological polar surface area (TPSA) is 43.1 Å². The van der Waals surface area contributed by atoms with E-state index >= 15 is 0 Å². The molecule has 1 aromatic rings. The minimum atomic E-state index is 0.675. The van der Waals surface area contributed by atoms with Crippen LogP contribution < -0.4 is 5.73 Å². The lowest BCUT2D eigenvalue weighted by Crippen LogP contribution is -1.95. The van der Waals surface area contributed by atoms with E-state index in [0.717, 1.165) is 15.4 Å². The highest BCUT2D eigenvalue weighted by molar-refractivity contribution is 14.1. The number of anilines is 1. The Morgan fingerprint density at radius 2 is 2.18 bits per heavy atom. The maximum atomic E-state index is 10.5. The van der Waals surface area contributed by atoms with Gasteiger partial charge in [-0.1, -0.05) is 0 Å². The fraction of sp³-hybridized carbons (Fsp3) is 0.125. The molecule has 0 bridgehead atoms. The quantitative estimate of drug-likeness (QED) is 0.477. The van der Waals surface area contributed by atoms with Crippen molar-refractivity contribution in [3.63, 3.8) is 0 Å². The van der Waals surface area contributed by atoms with Crippen LogP contribution in [0.3, 0.4) is 0 Å². The zero-order valence-corrected chi connectivity index (χ0v) is 8.25. The van der Waals surface area contributed by atoms with Crippen molar-refractivity contribution in [2.75, 3.05) is 5.73 Å². The first-order valence-electron chi connectivity index (χ1n) is 3.16. The van der Waals surface area contributed by atoms with Gasteiger partial charge in [-0.3, -0.25) is 4.79 Å². The van der Waals surface area contributed by atoms with E-state index in [1.165, 1.54) is 0 Å². The molecule has 2 nitrogen and oxygen atoms in total. The molecule has 0 aliphatic carbocycles. The van der Waals surface area contributed by atoms with Crippen molar-refractivity contribution in [2.45, 2.75) is 6.92 Å². The van der Waals surface area contributed by atoms with Crippen LogP contribution in [0.25, 0.3) is 0 Å². The summed E-state index contributed by atoms with van der Waals surface area (Å²) in [5.74, 6) is 0. The molecule has 0 heterocycles. The second kappa shape index (κ2) is 3.21. The maximum Gasteiger partial charge on any atom is 0.150 e. The average Bonchev–Trinajstić information content (AvgIpc) is 1.96. The Hall–Kier alpha value is -0.580. The van der Waals surface area contributed by atoms with Crippen LogP contribution in [0.4, 0.5) is 5.69 Å². The van der Waals surface area contributed by atoms with Gasteiger partial charge in [-0.25, -0.2) is 0 Å². The minimum Gasteiger partial charge on any atom is -0.398 e. The zero-order chi connectivity index (χ0) is 8.43. The monoisotopic (exact) mass is 261 g/mol. The number of carbonyl (C=O) groups excluding carboxylic acids is 1. The van der Waals surface area contributed by atoms with Crippen molar-refractivity contribution >= 4 is 34.6 Å². The molecule has 0 saturated carbocycles. The Balaban J connectivity index is 3.35. The third-order valence-electron chi connectivity index (χ3n) is 1.58. The van der Waals surface area contributed by atoms with Crippen LogP contribution in [-0.4, -0.2) is 6.29 Å². The second-order valence-corrected chi connectivity index (χ2v) is 3.57. The second-order valence-electron chi connectivity index (χ2n) is 2.33. The number of halogens is 1. The molecule has 0 fully saturated rings. The molecule has 3 heteroatoms. The van der Waals surface area contributed by atoms with E-state index in [1.54, 1.807) is 0 Å². The van der Waals surface area contributed by atoms with Gasteiger partial charge >= 0.3 is 0 Å². The fourth-order valence-electron chi connectivity index (χ4n) is 0.844. The van der Waals surface area contributed by atoms with Crippen LogP contribution in [0.2, 0.25) is 0 Å². The number of carbonyl (C=O) groups is 1. The molecule has 0 unspecified atom stereocenters. The molecule has 0 saturated heterocycles. The summed E-state index contributed by atoms with van der Waals surface area (Å²) in [6, 6.07) is 3.67. The molecule has 0 radical (unpaired) electrons. The van der Waals surface area contributed by atoms with Gasteiger partial charge in [0.25, 0.3) is 0 Å². The van der Waals surface area contributed by atoms with Gasteiger partial charge in [-0.15, -0.1) is 0 Å². The van der Waals surface area contributed by atoms with Crippen molar-refractivity contribution in [2.24, 2.45) is 0 Å². The molecule has 11 heavy (non-hydrogen) atoms. The highest BCUT2D eigenvalue weighted by atomic mass is 127. The number of hydrogen-bond donors (Lipinski definition) is 1. The van der Waals surface area contributed by atoms with Gasteiger partial charge in [0.2, 0.25) is 0 Å². The fourth-order valence-corrected chi connectivity index (χ4v) is 1.52. The maximum absolute atomic E-state index is 10.5. The number of rotatable bonds is 1. The molecule has 58 valence electrons. The number of hydrogen-bond acceptors (Lipinski definition) is 2. The van der Waals surface area contributed by atoms with Gasteiger partial charge in [-0.05, 0) is 47.2 Å². The van der Waals surface area contributed by atoms with E-state index in [0.29, 0.717) is 11.3 Å². The van der Waals surface area contributed by atoms with E-state index in [2.05, 4.69) is 22.6 Å². The molecule has 0 amide bonds. The first-order valence-corrected chi connectivity index (χ1v) is 4.24. The number of aldehydes is 1. The Labute approximate surface area is 78.9 Å². The largest absolute Gasteiger partial charge is 0.398 e. The first-order chi connectivity index (χ1) is 5.15. The lowest BCUT2D eigenvalue weighted by molar-refractivity contribution is 0.112. The third kappa shape index (κ3) is 1.71. The molecule has 1 rings (SSSR count).